The second-order valence-electron chi connectivity index (χ2n) is 4.12. The van der Waals surface area contributed by atoms with Gasteiger partial charge in [-0.15, -0.1) is 0 Å². The minimum Gasteiger partial charge on any atom is -0.497 e. The maximum atomic E-state index is 12.3. The number of hydrogen-bond acceptors (Lipinski definition) is 4. The predicted molar refractivity (Wildman–Crippen MR) is 82.0 cm³/mol. The quantitative estimate of drug-likeness (QED) is 0.624. The number of ether oxygens (including phenoxy) is 2. The van der Waals surface area contributed by atoms with E-state index in [0.29, 0.717) is 16.9 Å². The van der Waals surface area contributed by atoms with E-state index < -0.39 is 0 Å². The Morgan fingerprint density at radius 1 is 0.800 bits per heavy atom. The Morgan fingerprint density at radius 2 is 1.20 bits per heavy atom. The van der Waals surface area contributed by atoms with Crippen LogP contribution in [0.1, 0.15) is 15.9 Å². The number of hydrogen-bond donors (Lipinski definition) is 0. The number of rotatable bonds is 5. The summed E-state index contributed by atoms with van der Waals surface area (Å²) in [6, 6.07) is 14.0. The number of Topliss-reactive ketones (excluding diaryl/α,β-unsaturated/α-hetero) is 1. The fraction of sp³-hybridized carbons (Fsp3) is 0.125. The number of carbonyl (C=O) groups is 1. The van der Waals surface area contributed by atoms with E-state index in [1.807, 2.05) is 0 Å². The lowest BCUT2D eigenvalue weighted by atomic mass is 10.0. The van der Waals surface area contributed by atoms with Crippen LogP contribution in [-0.2, 0) is 0 Å². The molecule has 0 fully saturated rings. The monoisotopic (exact) mass is 286 g/mol. The summed E-state index contributed by atoms with van der Waals surface area (Å²) in [4.78, 5) is 12.6. The largest absolute Gasteiger partial charge is 0.497 e. The summed E-state index contributed by atoms with van der Waals surface area (Å²) >= 11 is 5.24. The van der Waals surface area contributed by atoms with Gasteiger partial charge >= 0.3 is 0 Å². The van der Waals surface area contributed by atoms with Crippen molar-refractivity contribution in [3.63, 3.8) is 0 Å². The van der Waals surface area contributed by atoms with Gasteiger partial charge in [-0.05, 0) is 54.1 Å². The van der Waals surface area contributed by atoms with Crippen LogP contribution in [0.25, 0.3) is 0 Å². The van der Waals surface area contributed by atoms with Crippen LogP contribution in [0.3, 0.4) is 0 Å². The van der Waals surface area contributed by atoms with Gasteiger partial charge in [-0.1, -0.05) is 12.2 Å². The van der Waals surface area contributed by atoms with Crippen molar-refractivity contribution in [1.82, 2.24) is 0 Å². The fourth-order valence-electron chi connectivity index (χ4n) is 1.75. The lowest BCUT2D eigenvalue weighted by molar-refractivity contribution is 0.106. The van der Waals surface area contributed by atoms with Crippen molar-refractivity contribution >= 4 is 22.9 Å². The van der Waals surface area contributed by atoms with Crippen LogP contribution in [0, 0.1) is 0 Å². The molecule has 0 amide bonds. The van der Waals surface area contributed by atoms with Crippen molar-refractivity contribution in [2.24, 2.45) is 0 Å². The molecule has 0 aliphatic heterocycles. The summed E-state index contributed by atoms with van der Waals surface area (Å²) in [6.07, 6.45) is 0. The van der Waals surface area contributed by atoms with Crippen molar-refractivity contribution in [2.45, 2.75) is 0 Å². The van der Waals surface area contributed by atoms with Gasteiger partial charge in [0.05, 0.1) is 19.1 Å². The standard InChI is InChI=1S/C16H14O3S/c1-18-13-7-3-11(4-8-13)15(17)16(20)12-5-9-14(19-2)10-6-12/h3-10H,1-2H3. The second-order valence-corrected chi connectivity index (χ2v) is 4.52. The topological polar surface area (TPSA) is 35.5 Å². The highest BCUT2D eigenvalue weighted by atomic mass is 32.1. The van der Waals surface area contributed by atoms with Crippen LogP contribution < -0.4 is 9.47 Å². The lowest BCUT2D eigenvalue weighted by Crippen LogP contribution is -2.13. The fourth-order valence-corrected chi connectivity index (χ4v) is 2.00. The third kappa shape index (κ3) is 3.03. The Morgan fingerprint density at radius 3 is 1.60 bits per heavy atom. The van der Waals surface area contributed by atoms with Crippen LogP contribution in [0.2, 0.25) is 0 Å². The van der Waals surface area contributed by atoms with E-state index in [1.54, 1.807) is 62.8 Å². The summed E-state index contributed by atoms with van der Waals surface area (Å²) < 4.78 is 10.1. The average Bonchev–Trinajstić information content (AvgIpc) is 2.53. The first kappa shape index (κ1) is 14.2. The van der Waals surface area contributed by atoms with Crippen LogP contribution >= 0.6 is 12.2 Å². The zero-order chi connectivity index (χ0) is 14.5. The molecule has 0 unspecified atom stereocenters. The summed E-state index contributed by atoms with van der Waals surface area (Å²) in [5.74, 6) is 1.26. The van der Waals surface area contributed by atoms with Crippen molar-refractivity contribution in [3.8, 4) is 11.5 Å². The number of carbonyl (C=O) groups excluding carboxylic acids is 1. The Kier molecular flexibility index (Phi) is 4.48. The molecule has 0 radical (unpaired) electrons. The molecule has 0 saturated heterocycles. The van der Waals surface area contributed by atoms with Gasteiger partial charge in [0, 0.05) is 5.56 Å². The zero-order valence-electron chi connectivity index (χ0n) is 11.3. The average molecular weight is 286 g/mol. The Bertz CT molecular complexity index is 558. The minimum absolute atomic E-state index is 0.173. The normalized spacial score (nSPS) is 9.90. The molecule has 0 spiro atoms. The number of thiocarbonyl (C=S) groups is 1. The summed E-state index contributed by atoms with van der Waals surface area (Å²) in [7, 11) is 3.18. The predicted octanol–water partition coefficient (Wildman–Crippen LogP) is 3.30. The smallest absolute Gasteiger partial charge is 0.204 e. The summed E-state index contributed by atoms with van der Waals surface area (Å²) in [5, 5.41) is 0. The van der Waals surface area contributed by atoms with E-state index in [4.69, 9.17) is 21.7 Å². The zero-order valence-corrected chi connectivity index (χ0v) is 12.1. The van der Waals surface area contributed by atoms with Gasteiger partial charge in [-0.2, -0.15) is 0 Å². The lowest BCUT2D eigenvalue weighted by Gasteiger charge is -2.06. The van der Waals surface area contributed by atoms with Crippen molar-refractivity contribution in [1.29, 1.82) is 0 Å². The maximum Gasteiger partial charge on any atom is 0.204 e. The van der Waals surface area contributed by atoms with E-state index in [1.165, 1.54) is 0 Å². The first-order valence-electron chi connectivity index (χ1n) is 6.03. The maximum absolute atomic E-state index is 12.3. The van der Waals surface area contributed by atoms with Gasteiger partial charge < -0.3 is 9.47 Å². The van der Waals surface area contributed by atoms with Crippen molar-refractivity contribution in [3.05, 3.63) is 59.7 Å². The van der Waals surface area contributed by atoms with Gasteiger partial charge in [0.15, 0.2) is 0 Å². The molecule has 0 aromatic heterocycles. The molecule has 4 heteroatoms. The molecule has 0 atom stereocenters. The first-order chi connectivity index (χ1) is 9.65. The molecule has 0 aliphatic rings. The molecule has 20 heavy (non-hydrogen) atoms. The number of benzene rings is 2. The molecule has 0 bridgehead atoms. The molecular formula is C16H14O3S. The molecule has 3 nitrogen and oxygen atoms in total. The summed E-state index contributed by atoms with van der Waals surface area (Å²) in [6.45, 7) is 0. The molecule has 2 aromatic carbocycles. The minimum atomic E-state index is -0.173. The molecule has 2 aromatic rings. The van der Waals surface area contributed by atoms with Gasteiger partial charge in [0.25, 0.3) is 0 Å². The highest BCUT2D eigenvalue weighted by molar-refractivity contribution is 7.82. The first-order valence-corrected chi connectivity index (χ1v) is 6.43. The molecule has 102 valence electrons. The molecular weight excluding hydrogens is 272 g/mol. The van der Waals surface area contributed by atoms with Gasteiger partial charge in [-0.25, -0.2) is 0 Å². The third-order valence-corrected chi connectivity index (χ3v) is 3.33. The van der Waals surface area contributed by atoms with Gasteiger partial charge in [0.2, 0.25) is 5.78 Å². The van der Waals surface area contributed by atoms with Crippen molar-refractivity contribution < 1.29 is 14.3 Å². The Labute approximate surface area is 123 Å². The molecule has 2 rings (SSSR count). The molecule has 0 heterocycles. The SMILES string of the molecule is COc1ccc(C(=O)C(=S)c2ccc(OC)cc2)cc1. The highest BCUT2D eigenvalue weighted by Crippen LogP contribution is 2.16. The van der Waals surface area contributed by atoms with E-state index in [2.05, 4.69) is 0 Å². The highest BCUT2D eigenvalue weighted by Gasteiger charge is 2.14. The van der Waals surface area contributed by atoms with Crippen LogP contribution in [0.15, 0.2) is 48.5 Å². The Hall–Kier alpha value is -2.20. The third-order valence-electron chi connectivity index (χ3n) is 2.91. The second kappa shape index (κ2) is 6.30. The van der Waals surface area contributed by atoms with Gasteiger partial charge in [0.1, 0.15) is 11.5 Å². The van der Waals surface area contributed by atoms with Gasteiger partial charge in [-0.3, -0.25) is 4.79 Å². The number of methoxy groups -OCH3 is 2. The van der Waals surface area contributed by atoms with Crippen LogP contribution in [0.5, 0.6) is 11.5 Å². The van der Waals surface area contributed by atoms with Crippen LogP contribution in [-0.4, -0.2) is 24.9 Å². The van der Waals surface area contributed by atoms with E-state index in [0.717, 1.165) is 5.75 Å². The van der Waals surface area contributed by atoms with E-state index in [-0.39, 0.29) is 10.6 Å². The number of ketones is 1. The molecule has 0 N–H and O–H groups in total. The summed E-state index contributed by atoms with van der Waals surface area (Å²) in [5.41, 5.74) is 1.26. The molecule has 0 saturated carbocycles. The Balaban J connectivity index is 2.20. The molecule has 0 aliphatic carbocycles. The van der Waals surface area contributed by atoms with E-state index in [9.17, 15) is 4.79 Å². The van der Waals surface area contributed by atoms with Crippen LogP contribution in [0.4, 0.5) is 0 Å². The van der Waals surface area contributed by atoms with E-state index >= 15 is 0 Å². The van der Waals surface area contributed by atoms with Crippen molar-refractivity contribution in [2.75, 3.05) is 14.2 Å².